The van der Waals surface area contributed by atoms with Gasteiger partial charge in [0, 0.05) is 23.5 Å². The van der Waals surface area contributed by atoms with Crippen LogP contribution in [0.15, 0.2) is 31.6 Å². The van der Waals surface area contributed by atoms with Gasteiger partial charge in [0.15, 0.2) is 0 Å². The van der Waals surface area contributed by atoms with E-state index in [0.29, 0.717) is 36.8 Å². The third-order valence-electron chi connectivity index (χ3n) is 5.19. The number of H-pyrrole nitrogens is 2. The van der Waals surface area contributed by atoms with Crippen LogP contribution in [-0.2, 0) is 32.2 Å². The number of esters is 2. The van der Waals surface area contributed by atoms with Gasteiger partial charge in [0.1, 0.15) is 25.3 Å². The number of ether oxygens (including phenoxy) is 2. The summed E-state index contributed by atoms with van der Waals surface area (Å²) in [6.07, 6.45) is 3.74. The second kappa shape index (κ2) is 9.62. The molecule has 1 fully saturated rings. The van der Waals surface area contributed by atoms with E-state index in [1.54, 1.807) is 0 Å². The molecule has 0 bridgehead atoms. The second-order valence-electron chi connectivity index (χ2n) is 7.78. The minimum absolute atomic E-state index is 0.305. The Morgan fingerprint density at radius 1 is 0.781 bits per heavy atom. The molecule has 0 atom stereocenters. The molecule has 1 aliphatic rings. The number of carbonyl (C=O) groups is 2. The van der Waals surface area contributed by atoms with Gasteiger partial charge in [0.2, 0.25) is 0 Å². The molecule has 2 heterocycles. The molecule has 0 aliphatic heterocycles. The van der Waals surface area contributed by atoms with Gasteiger partial charge in [-0.2, -0.15) is 0 Å². The SMILES string of the molecule is Cc1cn(CC(=O)OC2CCC(OC(=O)Cn3cc(C)c(=O)[nH]c3=O)CC2)c(=O)[nH]c1=O. The summed E-state index contributed by atoms with van der Waals surface area (Å²) in [5, 5.41) is 0. The lowest BCUT2D eigenvalue weighted by Crippen LogP contribution is -2.36. The third kappa shape index (κ3) is 5.71. The summed E-state index contributed by atoms with van der Waals surface area (Å²) in [5.41, 5.74) is -1.78. The van der Waals surface area contributed by atoms with Crippen molar-refractivity contribution < 1.29 is 19.1 Å². The molecule has 2 N–H and O–H groups in total. The van der Waals surface area contributed by atoms with Crippen molar-refractivity contribution >= 4 is 11.9 Å². The summed E-state index contributed by atoms with van der Waals surface area (Å²) >= 11 is 0. The number of hydrogen-bond donors (Lipinski definition) is 2. The van der Waals surface area contributed by atoms with Gasteiger partial charge in [-0.05, 0) is 39.5 Å². The predicted molar refractivity (Wildman–Crippen MR) is 110 cm³/mol. The number of carbonyl (C=O) groups excluding carboxylic acids is 2. The number of nitrogens with one attached hydrogen (secondary N) is 2. The monoisotopic (exact) mass is 448 g/mol. The molecule has 1 saturated carbocycles. The smallest absolute Gasteiger partial charge is 0.328 e. The molecule has 0 radical (unpaired) electrons. The Morgan fingerprint density at radius 2 is 1.12 bits per heavy atom. The maximum Gasteiger partial charge on any atom is 0.328 e. The molecule has 12 heteroatoms. The number of aromatic amines is 2. The molecule has 1 aliphatic carbocycles. The first-order valence-electron chi connectivity index (χ1n) is 10.1. The van der Waals surface area contributed by atoms with Crippen LogP contribution in [0.2, 0.25) is 0 Å². The molecule has 0 unspecified atom stereocenters. The van der Waals surface area contributed by atoms with E-state index in [-0.39, 0.29) is 25.3 Å². The minimum Gasteiger partial charge on any atom is -0.461 e. The van der Waals surface area contributed by atoms with E-state index < -0.39 is 34.4 Å². The van der Waals surface area contributed by atoms with Crippen molar-refractivity contribution in [3.8, 4) is 0 Å². The van der Waals surface area contributed by atoms with Crippen LogP contribution in [0.4, 0.5) is 0 Å². The second-order valence-corrected chi connectivity index (χ2v) is 7.78. The summed E-state index contributed by atoms with van der Waals surface area (Å²) in [6.45, 7) is 2.41. The Morgan fingerprint density at radius 3 is 1.47 bits per heavy atom. The van der Waals surface area contributed by atoms with Crippen LogP contribution in [0.25, 0.3) is 0 Å². The highest BCUT2D eigenvalue weighted by atomic mass is 16.6. The molecule has 12 nitrogen and oxygen atoms in total. The molecule has 2 aromatic rings. The van der Waals surface area contributed by atoms with Crippen LogP contribution in [0.1, 0.15) is 36.8 Å². The lowest BCUT2D eigenvalue weighted by Gasteiger charge is -2.28. The fourth-order valence-electron chi connectivity index (χ4n) is 3.46. The maximum atomic E-state index is 12.2. The molecular weight excluding hydrogens is 424 g/mol. The van der Waals surface area contributed by atoms with Crippen molar-refractivity contribution in [3.63, 3.8) is 0 Å². The minimum atomic E-state index is -0.690. The Balaban J connectivity index is 1.47. The van der Waals surface area contributed by atoms with Gasteiger partial charge in [-0.3, -0.25) is 38.3 Å². The van der Waals surface area contributed by atoms with Crippen LogP contribution < -0.4 is 22.5 Å². The van der Waals surface area contributed by atoms with Crippen molar-refractivity contribution in [1.29, 1.82) is 0 Å². The van der Waals surface area contributed by atoms with Gasteiger partial charge in [-0.25, -0.2) is 9.59 Å². The zero-order chi connectivity index (χ0) is 23.4. The van der Waals surface area contributed by atoms with Crippen LogP contribution in [0.3, 0.4) is 0 Å². The normalized spacial score (nSPS) is 18.2. The summed E-state index contributed by atoms with van der Waals surface area (Å²) < 4.78 is 13.0. The Kier molecular flexibility index (Phi) is 6.91. The summed E-state index contributed by atoms with van der Waals surface area (Å²) in [5.74, 6) is -1.21. The van der Waals surface area contributed by atoms with Crippen LogP contribution in [0, 0.1) is 13.8 Å². The quantitative estimate of drug-likeness (QED) is 0.537. The molecule has 0 aromatic carbocycles. The third-order valence-corrected chi connectivity index (χ3v) is 5.19. The van der Waals surface area contributed by atoms with Crippen LogP contribution in [-0.4, -0.2) is 43.2 Å². The van der Waals surface area contributed by atoms with E-state index in [1.165, 1.54) is 26.2 Å². The summed E-state index contributed by atoms with van der Waals surface area (Å²) in [6, 6.07) is 0. The molecule has 0 saturated heterocycles. The fourth-order valence-corrected chi connectivity index (χ4v) is 3.46. The first kappa shape index (κ1) is 23.0. The summed E-state index contributed by atoms with van der Waals surface area (Å²) in [7, 11) is 0. The number of rotatable bonds is 6. The van der Waals surface area contributed by atoms with Crippen molar-refractivity contribution in [2.45, 2.75) is 64.8 Å². The highest BCUT2D eigenvalue weighted by Crippen LogP contribution is 2.24. The van der Waals surface area contributed by atoms with Gasteiger partial charge in [-0.1, -0.05) is 0 Å². The largest absolute Gasteiger partial charge is 0.461 e. The lowest BCUT2D eigenvalue weighted by atomic mass is 9.95. The number of aromatic nitrogens is 4. The van der Waals surface area contributed by atoms with E-state index in [1.807, 2.05) is 0 Å². The zero-order valence-corrected chi connectivity index (χ0v) is 17.7. The van der Waals surface area contributed by atoms with Crippen molar-refractivity contribution in [3.05, 3.63) is 65.2 Å². The van der Waals surface area contributed by atoms with E-state index >= 15 is 0 Å². The topological polar surface area (TPSA) is 162 Å². The fraction of sp³-hybridized carbons (Fsp3) is 0.500. The summed E-state index contributed by atoms with van der Waals surface area (Å²) in [4.78, 5) is 74.9. The van der Waals surface area contributed by atoms with Crippen molar-refractivity contribution in [1.82, 2.24) is 19.1 Å². The number of hydrogen-bond acceptors (Lipinski definition) is 8. The van der Waals surface area contributed by atoms with Gasteiger partial charge >= 0.3 is 23.3 Å². The van der Waals surface area contributed by atoms with Crippen LogP contribution in [0.5, 0.6) is 0 Å². The highest BCUT2D eigenvalue weighted by Gasteiger charge is 2.26. The van der Waals surface area contributed by atoms with Crippen molar-refractivity contribution in [2.75, 3.05) is 0 Å². The first-order valence-corrected chi connectivity index (χ1v) is 10.1. The van der Waals surface area contributed by atoms with Crippen molar-refractivity contribution in [2.24, 2.45) is 0 Å². The average molecular weight is 448 g/mol. The predicted octanol–water partition coefficient (Wildman–Crippen LogP) is -0.899. The van der Waals surface area contributed by atoms with E-state index in [4.69, 9.17) is 9.47 Å². The first-order chi connectivity index (χ1) is 15.1. The van der Waals surface area contributed by atoms with Gasteiger partial charge < -0.3 is 9.47 Å². The standard InChI is InChI=1S/C20H24N4O8/c1-11-7-23(19(29)21-17(11)27)9-15(25)31-13-3-5-14(6-4-13)32-16(26)10-24-8-12(2)18(28)22-20(24)30/h7-8,13-14H,3-6,9-10H2,1-2H3,(H,21,27,29)(H,22,28,30). The molecular formula is C20H24N4O8. The Hall–Kier alpha value is -3.70. The Labute approximate surface area is 180 Å². The van der Waals surface area contributed by atoms with Gasteiger partial charge in [0.25, 0.3) is 11.1 Å². The van der Waals surface area contributed by atoms with E-state index in [0.717, 1.165) is 9.13 Å². The molecule has 0 spiro atoms. The lowest BCUT2D eigenvalue weighted by molar-refractivity contribution is -0.159. The average Bonchev–Trinajstić information content (AvgIpc) is 2.71. The highest BCUT2D eigenvalue weighted by molar-refractivity contribution is 5.70. The molecule has 32 heavy (non-hydrogen) atoms. The van der Waals surface area contributed by atoms with Crippen LogP contribution >= 0.6 is 0 Å². The molecule has 3 rings (SSSR count). The van der Waals surface area contributed by atoms with E-state index in [2.05, 4.69) is 9.97 Å². The molecule has 0 amide bonds. The Bertz CT molecular complexity index is 1150. The molecule has 2 aromatic heterocycles. The zero-order valence-electron chi connectivity index (χ0n) is 17.7. The molecule has 172 valence electrons. The van der Waals surface area contributed by atoms with E-state index in [9.17, 15) is 28.8 Å². The number of aryl methyl sites for hydroxylation is 2. The maximum absolute atomic E-state index is 12.2. The van der Waals surface area contributed by atoms with Gasteiger partial charge in [0.05, 0.1) is 0 Å². The number of nitrogens with zero attached hydrogens (tertiary/aromatic N) is 2. The van der Waals surface area contributed by atoms with Gasteiger partial charge in [-0.15, -0.1) is 0 Å².